The third kappa shape index (κ3) is 2.84. The van der Waals surface area contributed by atoms with Gasteiger partial charge in [-0.05, 0) is 44.4 Å². The Morgan fingerprint density at radius 2 is 1.68 bits per heavy atom. The molecule has 22 heavy (non-hydrogen) atoms. The van der Waals surface area contributed by atoms with Crippen molar-refractivity contribution in [1.82, 2.24) is 0 Å². The number of rotatable bonds is 1. The molecule has 1 unspecified atom stereocenters. The number of anilines is 1. The van der Waals surface area contributed by atoms with Gasteiger partial charge in [0, 0.05) is 0 Å². The molecule has 1 heterocycles. The van der Waals surface area contributed by atoms with Crippen molar-refractivity contribution in [2.75, 3.05) is 4.90 Å². The van der Waals surface area contributed by atoms with Crippen LogP contribution in [-0.2, 0) is 11.2 Å². The number of hydrogen-bond donors (Lipinski definition) is 0. The molecular formula is C19H21NO2. The molecule has 0 fully saturated rings. The van der Waals surface area contributed by atoms with Crippen LogP contribution in [0.4, 0.5) is 10.5 Å². The molecule has 1 amide bonds. The molecule has 2 aromatic rings. The molecule has 0 aromatic heterocycles. The van der Waals surface area contributed by atoms with Gasteiger partial charge in [0.15, 0.2) is 0 Å². The van der Waals surface area contributed by atoms with E-state index in [1.54, 1.807) is 4.90 Å². The lowest BCUT2D eigenvalue weighted by molar-refractivity contribution is 0.0569. The van der Waals surface area contributed by atoms with Crippen LogP contribution in [0, 0.1) is 0 Å². The summed E-state index contributed by atoms with van der Waals surface area (Å²) in [6.45, 7) is 5.68. The fourth-order valence-corrected chi connectivity index (χ4v) is 2.86. The van der Waals surface area contributed by atoms with Crippen LogP contribution >= 0.6 is 0 Å². The lowest BCUT2D eigenvalue weighted by Crippen LogP contribution is -2.37. The molecule has 3 nitrogen and oxygen atoms in total. The summed E-state index contributed by atoms with van der Waals surface area (Å²) < 4.78 is 5.62. The predicted octanol–water partition coefficient (Wildman–Crippen LogP) is 4.73. The summed E-state index contributed by atoms with van der Waals surface area (Å²) in [5.41, 5.74) is 2.76. The summed E-state index contributed by atoms with van der Waals surface area (Å²) in [6, 6.07) is 18.2. The molecule has 1 aliphatic heterocycles. The number of para-hydroxylation sites is 1. The summed E-state index contributed by atoms with van der Waals surface area (Å²) in [5.74, 6) is 0. The number of ether oxygens (including phenoxy) is 1. The molecule has 114 valence electrons. The lowest BCUT2D eigenvalue weighted by Gasteiger charge is -2.29. The summed E-state index contributed by atoms with van der Waals surface area (Å²) in [6.07, 6.45) is 0.533. The minimum absolute atomic E-state index is 0.00606. The van der Waals surface area contributed by atoms with Gasteiger partial charge in [0.05, 0.1) is 11.7 Å². The molecule has 2 aromatic carbocycles. The number of fused-ring (bicyclic) bond motifs is 1. The first-order valence-electron chi connectivity index (χ1n) is 7.61. The topological polar surface area (TPSA) is 29.5 Å². The maximum atomic E-state index is 12.7. The minimum atomic E-state index is -0.504. The molecule has 3 heteroatoms. The van der Waals surface area contributed by atoms with Crippen LogP contribution in [0.5, 0.6) is 0 Å². The van der Waals surface area contributed by atoms with Crippen LogP contribution in [0.25, 0.3) is 0 Å². The van der Waals surface area contributed by atoms with E-state index < -0.39 is 5.60 Å². The highest BCUT2D eigenvalue weighted by molar-refractivity contribution is 5.91. The second-order valence-electron chi connectivity index (χ2n) is 6.61. The van der Waals surface area contributed by atoms with Crippen molar-refractivity contribution >= 4 is 11.8 Å². The van der Waals surface area contributed by atoms with Crippen molar-refractivity contribution in [2.45, 2.75) is 38.8 Å². The van der Waals surface area contributed by atoms with Gasteiger partial charge in [-0.1, -0.05) is 48.5 Å². The summed E-state index contributed by atoms with van der Waals surface area (Å²) >= 11 is 0. The number of carbonyl (C=O) groups excluding carboxylic acids is 1. The minimum Gasteiger partial charge on any atom is -0.443 e. The van der Waals surface area contributed by atoms with Crippen LogP contribution in [-0.4, -0.2) is 11.7 Å². The zero-order chi connectivity index (χ0) is 15.7. The van der Waals surface area contributed by atoms with Crippen LogP contribution in [0.15, 0.2) is 54.6 Å². The predicted molar refractivity (Wildman–Crippen MR) is 88.0 cm³/mol. The Bertz CT molecular complexity index is 673. The van der Waals surface area contributed by atoms with Crippen molar-refractivity contribution < 1.29 is 9.53 Å². The van der Waals surface area contributed by atoms with Gasteiger partial charge in [-0.3, -0.25) is 4.90 Å². The van der Waals surface area contributed by atoms with Gasteiger partial charge in [-0.15, -0.1) is 0 Å². The Kier molecular flexibility index (Phi) is 3.65. The number of amides is 1. The molecule has 1 atom stereocenters. The van der Waals surface area contributed by atoms with E-state index in [0.717, 1.165) is 17.7 Å². The van der Waals surface area contributed by atoms with Gasteiger partial charge < -0.3 is 4.74 Å². The second kappa shape index (κ2) is 5.48. The number of carbonyl (C=O) groups is 1. The fraction of sp³-hybridized carbons (Fsp3) is 0.316. The number of hydrogen-bond acceptors (Lipinski definition) is 2. The molecule has 1 aliphatic rings. The standard InChI is InChI=1S/C19H21NO2/c1-19(2,3)22-18(21)20-16-12-8-7-11-15(16)13-17(20)14-9-5-4-6-10-14/h4-12,17H,13H2,1-3H3. The first-order chi connectivity index (χ1) is 10.5. The quantitative estimate of drug-likeness (QED) is 0.761. The maximum Gasteiger partial charge on any atom is 0.415 e. The van der Waals surface area contributed by atoms with Crippen LogP contribution in [0.1, 0.15) is 37.9 Å². The van der Waals surface area contributed by atoms with E-state index in [9.17, 15) is 4.79 Å². The molecule has 0 N–H and O–H groups in total. The number of benzene rings is 2. The first kappa shape index (κ1) is 14.6. The zero-order valence-electron chi connectivity index (χ0n) is 13.2. The van der Waals surface area contributed by atoms with Crippen molar-refractivity contribution in [3.8, 4) is 0 Å². The number of nitrogens with zero attached hydrogens (tertiary/aromatic N) is 1. The third-order valence-electron chi connectivity index (χ3n) is 3.75. The highest BCUT2D eigenvalue weighted by Crippen LogP contribution is 2.41. The van der Waals surface area contributed by atoms with Crippen molar-refractivity contribution in [1.29, 1.82) is 0 Å². The van der Waals surface area contributed by atoms with Crippen LogP contribution in [0.2, 0.25) is 0 Å². The van der Waals surface area contributed by atoms with Gasteiger partial charge in [0.2, 0.25) is 0 Å². The average molecular weight is 295 g/mol. The van der Waals surface area contributed by atoms with E-state index in [0.29, 0.717) is 0 Å². The summed E-state index contributed by atoms with van der Waals surface area (Å²) in [7, 11) is 0. The first-order valence-corrected chi connectivity index (χ1v) is 7.61. The Labute approximate surface area is 131 Å². The van der Waals surface area contributed by atoms with Crippen LogP contribution < -0.4 is 4.90 Å². The molecule has 0 saturated heterocycles. The smallest absolute Gasteiger partial charge is 0.415 e. The van der Waals surface area contributed by atoms with Gasteiger partial charge >= 0.3 is 6.09 Å². The van der Waals surface area contributed by atoms with E-state index in [1.165, 1.54) is 5.56 Å². The van der Waals surface area contributed by atoms with Crippen molar-refractivity contribution in [3.63, 3.8) is 0 Å². The van der Waals surface area contributed by atoms with Gasteiger partial charge in [-0.2, -0.15) is 0 Å². The van der Waals surface area contributed by atoms with Gasteiger partial charge in [0.25, 0.3) is 0 Å². The molecule has 0 saturated carbocycles. The van der Waals surface area contributed by atoms with Gasteiger partial charge in [-0.25, -0.2) is 4.79 Å². The highest BCUT2D eigenvalue weighted by Gasteiger charge is 2.37. The Hall–Kier alpha value is -2.29. The lowest BCUT2D eigenvalue weighted by atomic mass is 10.0. The summed E-state index contributed by atoms with van der Waals surface area (Å²) in [5, 5.41) is 0. The molecule has 0 radical (unpaired) electrons. The Morgan fingerprint density at radius 1 is 1.05 bits per heavy atom. The molecule has 3 rings (SSSR count). The van der Waals surface area contributed by atoms with E-state index in [-0.39, 0.29) is 12.1 Å². The monoisotopic (exact) mass is 295 g/mol. The Morgan fingerprint density at radius 3 is 2.36 bits per heavy atom. The largest absolute Gasteiger partial charge is 0.443 e. The third-order valence-corrected chi connectivity index (χ3v) is 3.75. The normalized spacial score (nSPS) is 17.2. The van der Waals surface area contributed by atoms with Crippen LogP contribution in [0.3, 0.4) is 0 Å². The van der Waals surface area contributed by atoms with E-state index in [4.69, 9.17) is 4.74 Å². The highest BCUT2D eigenvalue weighted by atomic mass is 16.6. The van der Waals surface area contributed by atoms with Gasteiger partial charge in [0.1, 0.15) is 5.60 Å². The second-order valence-corrected chi connectivity index (χ2v) is 6.61. The molecule has 0 spiro atoms. The van der Waals surface area contributed by atoms with E-state index in [1.807, 2.05) is 57.2 Å². The summed E-state index contributed by atoms with van der Waals surface area (Å²) in [4.78, 5) is 14.5. The average Bonchev–Trinajstić information content (AvgIpc) is 2.86. The Balaban J connectivity index is 1.99. The van der Waals surface area contributed by atoms with E-state index in [2.05, 4.69) is 18.2 Å². The maximum absolute atomic E-state index is 12.7. The molecule has 0 aliphatic carbocycles. The molecular weight excluding hydrogens is 274 g/mol. The molecule has 0 bridgehead atoms. The fourth-order valence-electron chi connectivity index (χ4n) is 2.86. The zero-order valence-corrected chi connectivity index (χ0v) is 13.2. The van der Waals surface area contributed by atoms with Crippen molar-refractivity contribution in [3.05, 3.63) is 65.7 Å². The van der Waals surface area contributed by atoms with Crippen molar-refractivity contribution in [2.24, 2.45) is 0 Å². The van der Waals surface area contributed by atoms with E-state index >= 15 is 0 Å². The SMILES string of the molecule is CC(C)(C)OC(=O)N1c2ccccc2CC1c1ccccc1.